The molecule has 0 spiro atoms. The molecule has 2 aromatic rings. The smallest absolute Gasteiger partial charge is 0.123 e. The fourth-order valence-corrected chi connectivity index (χ4v) is 3.63. The number of thiazole rings is 1. The van der Waals surface area contributed by atoms with Gasteiger partial charge >= 0.3 is 0 Å². The number of hydrogen-bond donors (Lipinski definition) is 1. The molecule has 1 atom stereocenters. The molecule has 106 valence electrons. The average Bonchev–Trinajstić information content (AvgIpc) is 2.97. The van der Waals surface area contributed by atoms with Crippen molar-refractivity contribution in [2.75, 3.05) is 19.6 Å². The molecule has 1 aliphatic heterocycles. The minimum absolute atomic E-state index is 0.663. The van der Waals surface area contributed by atoms with E-state index >= 15 is 0 Å². The quantitative estimate of drug-likeness (QED) is 0.940. The molecule has 20 heavy (non-hydrogen) atoms. The van der Waals surface area contributed by atoms with Crippen molar-refractivity contribution < 1.29 is 0 Å². The SMILES string of the molecule is NCC1CCCN(Cc2csc(-c3ccccc3)n2)C1. The lowest BCUT2D eigenvalue weighted by Crippen LogP contribution is -2.37. The summed E-state index contributed by atoms with van der Waals surface area (Å²) in [6, 6.07) is 10.4. The Labute approximate surface area is 124 Å². The van der Waals surface area contributed by atoms with E-state index in [2.05, 4.69) is 34.5 Å². The van der Waals surface area contributed by atoms with Crippen molar-refractivity contribution in [3.8, 4) is 10.6 Å². The second-order valence-electron chi connectivity index (χ2n) is 5.49. The summed E-state index contributed by atoms with van der Waals surface area (Å²) in [5.74, 6) is 0.663. The first-order chi connectivity index (χ1) is 9.85. The number of benzene rings is 1. The lowest BCUT2D eigenvalue weighted by Gasteiger charge is -2.31. The maximum absolute atomic E-state index is 5.80. The zero-order valence-corrected chi connectivity index (χ0v) is 12.5. The first-order valence-electron chi connectivity index (χ1n) is 7.27. The van der Waals surface area contributed by atoms with Crippen LogP contribution in [0, 0.1) is 5.92 Å². The highest BCUT2D eigenvalue weighted by Gasteiger charge is 2.19. The van der Waals surface area contributed by atoms with Gasteiger partial charge in [-0.2, -0.15) is 0 Å². The summed E-state index contributed by atoms with van der Waals surface area (Å²) in [7, 11) is 0. The highest BCUT2D eigenvalue weighted by Crippen LogP contribution is 2.25. The van der Waals surface area contributed by atoms with Gasteiger partial charge in [-0.3, -0.25) is 4.90 Å². The Morgan fingerprint density at radius 2 is 2.15 bits per heavy atom. The molecule has 1 aromatic heterocycles. The molecule has 2 N–H and O–H groups in total. The summed E-state index contributed by atoms with van der Waals surface area (Å²) in [6.45, 7) is 4.06. The number of likely N-dealkylation sites (tertiary alicyclic amines) is 1. The average molecular weight is 287 g/mol. The third-order valence-corrected chi connectivity index (χ3v) is 4.83. The molecule has 1 fully saturated rings. The van der Waals surface area contributed by atoms with Crippen molar-refractivity contribution in [1.82, 2.24) is 9.88 Å². The maximum Gasteiger partial charge on any atom is 0.123 e. The lowest BCUT2D eigenvalue weighted by molar-refractivity contribution is 0.169. The van der Waals surface area contributed by atoms with E-state index < -0.39 is 0 Å². The number of rotatable bonds is 4. The van der Waals surface area contributed by atoms with Crippen LogP contribution in [0.4, 0.5) is 0 Å². The maximum atomic E-state index is 5.80. The molecule has 1 unspecified atom stereocenters. The Balaban J connectivity index is 1.65. The molecule has 2 heterocycles. The van der Waals surface area contributed by atoms with E-state index in [9.17, 15) is 0 Å². The van der Waals surface area contributed by atoms with Crippen LogP contribution < -0.4 is 5.73 Å². The van der Waals surface area contributed by atoms with Crippen molar-refractivity contribution in [2.24, 2.45) is 11.7 Å². The van der Waals surface area contributed by atoms with Gasteiger partial charge in [0.15, 0.2) is 0 Å². The molecule has 3 nitrogen and oxygen atoms in total. The first-order valence-corrected chi connectivity index (χ1v) is 8.15. The predicted molar refractivity (Wildman–Crippen MR) is 84.6 cm³/mol. The largest absolute Gasteiger partial charge is 0.330 e. The fourth-order valence-electron chi connectivity index (χ4n) is 2.81. The van der Waals surface area contributed by atoms with Crippen LogP contribution in [0.15, 0.2) is 35.7 Å². The van der Waals surface area contributed by atoms with Crippen LogP contribution in [0.5, 0.6) is 0 Å². The molecule has 3 rings (SSSR count). The van der Waals surface area contributed by atoms with Crippen LogP contribution in [-0.4, -0.2) is 29.5 Å². The predicted octanol–water partition coefficient (Wildman–Crippen LogP) is 2.98. The Hall–Kier alpha value is -1.23. The number of nitrogens with two attached hydrogens (primary N) is 1. The fraction of sp³-hybridized carbons (Fsp3) is 0.438. The van der Waals surface area contributed by atoms with Gasteiger partial charge in [-0.15, -0.1) is 11.3 Å². The molecule has 0 saturated carbocycles. The van der Waals surface area contributed by atoms with Crippen molar-refractivity contribution in [2.45, 2.75) is 19.4 Å². The molecule has 4 heteroatoms. The summed E-state index contributed by atoms with van der Waals surface area (Å²) >= 11 is 1.74. The molecular weight excluding hydrogens is 266 g/mol. The van der Waals surface area contributed by atoms with E-state index in [0.29, 0.717) is 5.92 Å². The summed E-state index contributed by atoms with van der Waals surface area (Å²) in [5, 5.41) is 3.31. The van der Waals surface area contributed by atoms with E-state index in [0.717, 1.165) is 24.6 Å². The van der Waals surface area contributed by atoms with E-state index in [1.807, 2.05) is 6.07 Å². The Bertz CT molecular complexity index is 538. The Morgan fingerprint density at radius 1 is 1.30 bits per heavy atom. The molecule has 0 bridgehead atoms. The standard InChI is InChI=1S/C16H21N3S/c17-9-13-5-4-8-19(10-13)11-15-12-20-16(18-15)14-6-2-1-3-7-14/h1-3,6-7,12-13H,4-5,8-11,17H2. The van der Waals surface area contributed by atoms with Crippen LogP contribution in [0.2, 0.25) is 0 Å². The van der Waals surface area contributed by atoms with E-state index in [1.165, 1.54) is 30.6 Å². The van der Waals surface area contributed by atoms with Gasteiger partial charge in [0.25, 0.3) is 0 Å². The summed E-state index contributed by atoms with van der Waals surface area (Å²) < 4.78 is 0. The third-order valence-electron chi connectivity index (χ3n) is 3.89. The van der Waals surface area contributed by atoms with Crippen molar-refractivity contribution in [1.29, 1.82) is 0 Å². The third kappa shape index (κ3) is 3.26. The summed E-state index contributed by atoms with van der Waals surface area (Å²) in [4.78, 5) is 7.26. The zero-order valence-electron chi connectivity index (χ0n) is 11.7. The Kier molecular flexibility index (Phi) is 4.45. The van der Waals surface area contributed by atoms with Crippen molar-refractivity contribution >= 4 is 11.3 Å². The van der Waals surface area contributed by atoms with Gasteiger partial charge < -0.3 is 5.73 Å². The second-order valence-corrected chi connectivity index (χ2v) is 6.35. The van der Waals surface area contributed by atoms with Crippen LogP contribution in [0.25, 0.3) is 10.6 Å². The zero-order chi connectivity index (χ0) is 13.8. The summed E-state index contributed by atoms with van der Waals surface area (Å²) in [5.41, 5.74) is 8.20. The van der Waals surface area contributed by atoms with Gasteiger partial charge in [-0.05, 0) is 31.8 Å². The number of piperidine rings is 1. The highest BCUT2D eigenvalue weighted by atomic mass is 32.1. The van der Waals surface area contributed by atoms with Crippen LogP contribution in [0.1, 0.15) is 18.5 Å². The molecular formula is C16H21N3S. The van der Waals surface area contributed by atoms with Crippen molar-refractivity contribution in [3.63, 3.8) is 0 Å². The molecule has 0 aliphatic carbocycles. The topological polar surface area (TPSA) is 42.1 Å². The van der Waals surface area contributed by atoms with E-state index in [-0.39, 0.29) is 0 Å². The molecule has 0 radical (unpaired) electrons. The van der Waals surface area contributed by atoms with Gasteiger partial charge in [0.2, 0.25) is 0 Å². The van der Waals surface area contributed by atoms with Gasteiger partial charge in [0.05, 0.1) is 5.69 Å². The van der Waals surface area contributed by atoms with Gasteiger partial charge in [0.1, 0.15) is 5.01 Å². The molecule has 1 aliphatic rings. The van der Waals surface area contributed by atoms with Gasteiger partial charge in [0, 0.05) is 24.0 Å². The normalized spacial score (nSPS) is 20.1. The van der Waals surface area contributed by atoms with E-state index in [4.69, 9.17) is 10.7 Å². The number of hydrogen-bond acceptors (Lipinski definition) is 4. The van der Waals surface area contributed by atoms with Crippen LogP contribution in [0.3, 0.4) is 0 Å². The first kappa shape index (κ1) is 13.7. The number of aromatic nitrogens is 1. The summed E-state index contributed by atoms with van der Waals surface area (Å²) in [6.07, 6.45) is 2.54. The minimum Gasteiger partial charge on any atom is -0.330 e. The van der Waals surface area contributed by atoms with Crippen LogP contribution >= 0.6 is 11.3 Å². The monoisotopic (exact) mass is 287 g/mol. The molecule has 1 saturated heterocycles. The second kappa shape index (κ2) is 6.48. The molecule has 1 aromatic carbocycles. The van der Waals surface area contributed by atoms with Gasteiger partial charge in [-0.25, -0.2) is 4.98 Å². The highest BCUT2D eigenvalue weighted by molar-refractivity contribution is 7.13. The number of nitrogens with zero attached hydrogens (tertiary/aromatic N) is 2. The Morgan fingerprint density at radius 3 is 2.95 bits per heavy atom. The van der Waals surface area contributed by atoms with Gasteiger partial charge in [-0.1, -0.05) is 30.3 Å². The lowest BCUT2D eigenvalue weighted by atomic mass is 9.98. The van der Waals surface area contributed by atoms with Crippen molar-refractivity contribution in [3.05, 3.63) is 41.4 Å². The van der Waals surface area contributed by atoms with Crippen LogP contribution in [-0.2, 0) is 6.54 Å². The molecule has 0 amide bonds. The minimum atomic E-state index is 0.663. The van der Waals surface area contributed by atoms with E-state index in [1.54, 1.807) is 11.3 Å².